The minimum Gasteiger partial charge on any atom is -0.372 e. The molecule has 0 spiro atoms. The average molecular weight is 236 g/mol. The van der Waals surface area contributed by atoms with Gasteiger partial charge in [0.2, 0.25) is 5.95 Å². The van der Waals surface area contributed by atoms with E-state index in [2.05, 4.69) is 33.6 Å². The first kappa shape index (κ1) is 11.1. The topological polar surface area (TPSA) is 49.8 Å². The Labute approximate surface area is 99.1 Å². The molecule has 0 unspecified atom stereocenters. The van der Waals surface area contributed by atoms with Gasteiger partial charge >= 0.3 is 0 Å². The van der Waals surface area contributed by atoms with E-state index in [0.717, 1.165) is 29.0 Å². The molecule has 2 rings (SSSR count). The molecule has 0 saturated carbocycles. The third-order valence-electron chi connectivity index (χ3n) is 2.36. The highest BCUT2D eigenvalue weighted by Gasteiger charge is 2.09. The highest BCUT2D eigenvalue weighted by Crippen LogP contribution is 2.29. The van der Waals surface area contributed by atoms with E-state index in [1.165, 1.54) is 4.88 Å². The van der Waals surface area contributed by atoms with Gasteiger partial charge in [-0.25, -0.2) is 4.98 Å². The molecule has 2 heterocycles. The summed E-state index contributed by atoms with van der Waals surface area (Å²) in [5, 5.41) is 7.38. The molecule has 0 aliphatic heterocycles. The van der Waals surface area contributed by atoms with E-state index in [4.69, 9.17) is 0 Å². The maximum absolute atomic E-state index is 4.50. The Hall–Kier alpha value is -1.36. The highest BCUT2D eigenvalue weighted by molar-refractivity contribution is 7.18. The van der Waals surface area contributed by atoms with Gasteiger partial charge in [0.05, 0.1) is 5.39 Å². The smallest absolute Gasteiger partial charge is 0.226 e. The number of hydrogen-bond donors (Lipinski definition) is 2. The lowest BCUT2D eigenvalue weighted by molar-refractivity contribution is 1.11. The molecule has 0 aromatic carbocycles. The Morgan fingerprint density at radius 1 is 1.31 bits per heavy atom. The predicted octanol–water partition coefficient (Wildman–Crippen LogP) is 2.73. The number of nitrogens with zero attached hydrogens (tertiary/aromatic N) is 2. The molecule has 2 aromatic rings. The van der Waals surface area contributed by atoms with Gasteiger partial charge in [-0.15, -0.1) is 11.3 Å². The number of aromatic nitrogens is 2. The van der Waals surface area contributed by atoms with Crippen molar-refractivity contribution in [3.63, 3.8) is 0 Å². The molecule has 0 saturated heterocycles. The van der Waals surface area contributed by atoms with Crippen molar-refractivity contribution in [3.05, 3.63) is 10.9 Å². The molecular weight excluding hydrogens is 220 g/mol. The second kappa shape index (κ2) is 4.65. The molecule has 86 valence electrons. The normalized spacial score (nSPS) is 10.7. The van der Waals surface area contributed by atoms with Crippen LogP contribution in [0.3, 0.4) is 0 Å². The first-order valence-corrected chi connectivity index (χ1v) is 6.32. The maximum atomic E-state index is 4.50. The zero-order valence-electron chi connectivity index (χ0n) is 9.79. The molecule has 0 radical (unpaired) electrons. The van der Waals surface area contributed by atoms with E-state index in [0.29, 0.717) is 5.95 Å². The lowest BCUT2D eigenvalue weighted by Crippen LogP contribution is -2.04. The minimum atomic E-state index is 0.698. The van der Waals surface area contributed by atoms with E-state index in [1.807, 2.05) is 14.0 Å². The van der Waals surface area contributed by atoms with Gasteiger partial charge in [-0.3, -0.25) is 0 Å². The van der Waals surface area contributed by atoms with Gasteiger partial charge in [-0.05, 0) is 19.4 Å². The van der Waals surface area contributed by atoms with Gasteiger partial charge in [-0.1, -0.05) is 6.92 Å². The maximum Gasteiger partial charge on any atom is 0.226 e. The molecule has 0 bridgehead atoms. The largest absolute Gasteiger partial charge is 0.372 e. The molecule has 0 fully saturated rings. The van der Waals surface area contributed by atoms with Crippen molar-refractivity contribution in [1.82, 2.24) is 9.97 Å². The Morgan fingerprint density at radius 2 is 2.12 bits per heavy atom. The number of fused-ring (bicyclic) bond motifs is 1. The van der Waals surface area contributed by atoms with Crippen molar-refractivity contribution in [1.29, 1.82) is 0 Å². The minimum absolute atomic E-state index is 0.698. The number of hydrogen-bond acceptors (Lipinski definition) is 5. The van der Waals surface area contributed by atoms with Crippen LogP contribution < -0.4 is 10.6 Å². The Bertz CT molecular complexity index is 492. The summed E-state index contributed by atoms with van der Waals surface area (Å²) in [6.45, 7) is 5.03. The van der Waals surface area contributed by atoms with Gasteiger partial charge in [0, 0.05) is 18.5 Å². The monoisotopic (exact) mass is 236 g/mol. The van der Waals surface area contributed by atoms with Crippen LogP contribution >= 0.6 is 11.3 Å². The van der Waals surface area contributed by atoms with Crippen molar-refractivity contribution < 1.29 is 0 Å². The molecule has 2 N–H and O–H groups in total. The fourth-order valence-corrected chi connectivity index (χ4v) is 2.54. The number of aryl methyl sites for hydroxylation is 1. The molecule has 0 atom stereocenters. The number of anilines is 2. The summed E-state index contributed by atoms with van der Waals surface area (Å²) in [5.74, 6) is 1.60. The molecule has 16 heavy (non-hydrogen) atoms. The van der Waals surface area contributed by atoms with Crippen LogP contribution in [0, 0.1) is 0 Å². The summed E-state index contributed by atoms with van der Waals surface area (Å²) in [6, 6.07) is 2.17. The summed E-state index contributed by atoms with van der Waals surface area (Å²) >= 11 is 1.74. The zero-order chi connectivity index (χ0) is 11.5. The number of nitrogens with one attached hydrogen (secondary N) is 2. The van der Waals surface area contributed by atoms with Gasteiger partial charge in [0.15, 0.2) is 0 Å². The van der Waals surface area contributed by atoms with E-state index >= 15 is 0 Å². The first-order chi connectivity index (χ1) is 7.78. The average Bonchev–Trinajstić information content (AvgIpc) is 2.71. The fourth-order valence-electron chi connectivity index (χ4n) is 1.57. The van der Waals surface area contributed by atoms with E-state index in [-0.39, 0.29) is 0 Å². The molecular formula is C11H16N4S. The summed E-state index contributed by atoms with van der Waals surface area (Å²) in [4.78, 5) is 11.3. The molecule has 2 aromatic heterocycles. The van der Waals surface area contributed by atoms with Crippen LogP contribution in [-0.2, 0) is 6.42 Å². The van der Waals surface area contributed by atoms with Crippen molar-refractivity contribution in [2.75, 3.05) is 24.2 Å². The third-order valence-corrected chi connectivity index (χ3v) is 3.54. The Balaban J connectivity index is 2.56. The lowest BCUT2D eigenvalue weighted by atomic mass is 10.3. The van der Waals surface area contributed by atoms with Gasteiger partial charge in [-0.2, -0.15) is 4.98 Å². The van der Waals surface area contributed by atoms with Crippen molar-refractivity contribution in [2.24, 2.45) is 0 Å². The number of rotatable bonds is 4. The number of thiophene rings is 1. The van der Waals surface area contributed by atoms with E-state index in [9.17, 15) is 0 Å². The van der Waals surface area contributed by atoms with Gasteiger partial charge < -0.3 is 10.6 Å². The van der Waals surface area contributed by atoms with Gasteiger partial charge in [0.25, 0.3) is 0 Å². The van der Waals surface area contributed by atoms with Crippen LogP contribution in [0.2, 0.25) is 0 Å². The van der Waals surface area contributed by atoms with E-state index in [1.54, 1.807) is 11.3 Å². The van der Waals surface area contributed by atoms with Crippen LogP contribution in [0.5, 0.6) is 0 Å². The van der Waals surface area contributed by atoms with Crippen molar-refractivity contribution in [3.8, 4) is 0 Å². The Kier molecular flexibility index (Phi) is 3.24. The predicted molar refractivity (Wildman–Crippen MR) is 70.5 cm³/mol. The zero-order valence-corrected chi connectivity index (χ0v) is 10.6. The Morgan fingerprint density at radius 3 is 2.75 bits per heavy atom. The van der Waals surface area contributed by atoms with Crippen LogP contribution in [0.1, 0.15) is 18.7 Å². The van der Waals surface area contributed by atoms with E-state index < -0.39 is 0 Å². The van der Waals surface area contributed by atoms with Crippen LogP contribution in [0.4, 0.5) is 11.8 Å². The van der Waals surface area contributed by atoms with Crippen LogP contribution in [-0.4, -0.2) is 23.6 Å². The summed E-state index contributed by atoms with van der Waals surface area (Å²) in [5.41, 5.74) is 0. The van der Waals surface area contributed by atoms with Crippen LogP contribution in [0.15, 0.2) is 6.07 Å². The molecule has 0 aliphatic carbocycles. The standard InChI is InChI=1S/C11H16N4S/c1-4-7-6-8-9(12-3)14-11(13-5-2)15-10(8)16-7/h6H,4-5H2,1-3H3,(H2,12,13,14,15). The summed E-state index contributed by atoms with van der Waals surface area (Å²) in [7, 11) is 1.89. The third kappa shape index (κ3) is 1.95. The van der Waals surface area contributed by atoms with Crippen molar-refractivity contribution in [2.45, 2.75) is 20.3 Å². The van der Waals surface area contributed by atoms with Crippen molar-refractivity contribution >= 4 is 33.3 Å². The quantitative estimate of drug-likeness (QED) is 0.857. The summed E-state index contributed by atoms with van der Waals surface area (Å²) in [6.07, 6.45) is 1.04. The highest BCUT2D eigenvalue weighted by atomic mass is 32.1. The lowest BCUT2D eigenvalue weighted by Gasteiger charge is -2.05. The second-order valence-corrected chi connectivity index (χ2v) is 4.58. The molecule has 0 aliphatic rings. The molecule has 4 nitrogen and oxygen atoms in total. The second-order valence-electron chi connectivity index (χ2n) is 3.46. The van der Waals surface area contributed by atoms with Gasteiger partial charge in [0.1, 0.15) is 10.6 Å². The molecule has 0 amide bonds. The fraction of sp³-hybridized carbons (Fsp3) is 0.455. The first-order valence-electron chi connectivity index (χ1n) is 5.50. The SMILES string of the molecule is CCNc1nc(NC)c2cc(CC)sc2n1. The molecule has 5 heteroatoms. The van der Waals surface area contributed by atoms with Crippen LogP contribution in [0.25, 0.3) is 10.2 Å². The summed E-state index contributed by atoms with van der Waals surface area (Å²) < 4.78 is 0.